The van der Waals surface area contributed by atoms with E-state index in [0.717, 1.165) is 15.8 Å². The van der Waals surface area contributed by atoms with Gasteiger partial charge in [-0.25, -0.2) is 4.68 Å². The minimum absolute atomic E-state index is 0.110. The summed E-state index contributed by atoms with van der Waals surface area (Å²) >= 11 is 6.07. The number of aryl methyl sites for hydroxylation is 1. The number of amides is 1. The fraction of sp³-hybridized carbons (Fsp3) is 0.273. The zero-order chi connectivity index (χ0) is 22.3. The summed E-state index contributed by atoms with van der Waals surface area (Å²) in [6, 6.07) is 11.3. The molecule has 1 amide bonds. The van der Waals surface area contributed by atoms with Crippen molar-refractivity contribution in [1.82, 2.24) is 9.78 Å². The second-order valence-corrected chi connectivity index (χ2v) is 8.03. The minimum atomic E-state index is -4.51. The largest absolute Gasteiger partial charge is 0.410 e. The number of nitrogens with one attached hydrogen (secondary N) is 2. The SMILES string of the molecule is Cc1ccc(C2CC(C(F)(F)F)n3nc(C(=O)Nc4cccc(Cl)c4C)cc3N2)cc1. The summed E-state index contributed by atoms with van der Waals surface area (Å²) in [6.07, 6.45) is -4.74. The van der Waals surface area contributed by atoms with Crippen molar-refractivity contribution >= 4 is 29.0 Å². The average molecular weight is 449 g/mol. The van der Waals surface area contributed by atoms with Crippen molar-refractivity contribution in [2.24, 2.45) is 0 Å². The van der Waals surface area contributed by atoms with Crippen LogP contribution in [0.3, 0.4) is 0 Å². The average Bonchev–Trinajstić information content (AvgIpc) is 3.14. The van der Waals surface area contributed by atoms with Gasteiger partial charge >= 0.3 is 6.18 Å². The van der Waals surface area contributed by atoms with Crippen LogP contribution in [0, 0.1) is 13.8 Å². The summed E-state index contributed by atoms with van der Waals surface area (Å²) < 4.78 is 42.3. The molecule has 5 nitrogen and oxygen atoms in total. The molecule has 0 spiro atoms. The predicted molar refractivity (Wildman–Crippen MR) is 114 cm³/mol. The third-order valence-corrected chi connectivity index (χ3v) is 5.83. The number of fused-ring (bicyclic) bond motifs is 1. The zero-order valence-electron chi connectivity index (χ0n) is 16.8. The van der Waals surface area contributed by atoms with E-state index in [1.54, 1.807) is 25.1 Å². The number of alkyl halides is 3. The highest BCUT2D eigenvalue weighted by Crippen LogP contribution is 2.43. The molecule has 0 aliphatic carbocycles. The lowest BCUT2D eigenvalue weighted by Gasteiger charge is -2.33. The first-order chi connectivity index (χ1) is 14.6. The zero-order valence-corrected chi connectivity index (χ0v) is 17.6. The van der Waals surface area contributed by atoms with Gasteiger partial charge in [-0.1, -0.05) is 47.5 Å². The Morgan fingerprint density at radius 1 is 1.19 bits per heavy atom. The molecule has 0 bridgehead atoms. The highest BCUT2D eigenvalue weighted by atomic mass is 35.5. The fourth-order valence-electron chi connectivity index (χ4n) is 3.63. The van der Waals surface area contributed by atoms with Crippen molar-refractivity contribution in [2.75, 3.05) is 10.6 Å². The minimum Gasteiger partial charge on any atom is -0.363 e. The predicted octanol–water partition coefficient (Wildman–Crippen LogP) is 6.07. The Morgan fingerprint density at radius 3 is 2.58 bits per heavy atom. The lowest BCUT2D eigenvalue weighted by molar-refractivity contribution is -0.173. The maximum absolute atomic E-state index is 13.8. The lowest BCUT2D eigenvalue weighted by Crippen LogP contribution is -2.35. The molecule has 31 heavy (non-hydrogen) atoms. The molecule has 0 radical (unpaired) electrons. The fourth-order valence-corrected chi connectivity index (χ4v) is 3.81. The Balaban J connectivity index is 1.65. The molecule has 162 valence electrons. The maximum atomic E-state index is 13.8. The Bertz CT molecular complexity index is 1120. The van der Waals surface area contributed by atoms with Crippen LogP contribution in [-0.4, -0.2) is 21.9 Å². The maximum Gasteiger partial charge on any atom is 0.410 e. The summed E-state index contributed by atoms with van der Waals surface area (Å²) in [7, 11) is 0. The lowest BCUT2D eigenvalue weighted by atomic mass is 9.96. The Hall–Kier alpha value is -3.00. The van der Waals surface area contributed by atoms with Crippen LogP contribution >= 0.6 is 11.6 Å². The molecule has 2 N–H and O–H groups in total. The van der Waals surface area contributed by atoms with Crippen LogP contribution in [0.2, 0.25) is 5.02 Å². The number of hydrogen-bond acceptors (Lipinski definition) is 3. The number of benzene rings is 2. The number of halogens is 4. The van der Waals surface area contributed by atoms with Gasteiger partial charge in [0.25, 0.3) is 5.91 Å². The first kappa shape index (κ1) is 21.2. The van der Waals surface area contributed by atoms with Crippen molar-refractivity contribution in [3.8, 4) is 0 Å². The Labute approximate surface area is 182 Å². The van der Waals surface area contributed by atoms with E-state index in [1.807, 2.05) is 31.2 Å². The number of rotatable bonds is 3. The standard InChI is InChI=1S/C22H20ClF3N4O/c1-12-6-8-14(9-7-12)17-10-19(22(24,25)26)30-20(27-17)11-18(29-30)21(31)28-16-5-3-4-15(23)13(16)2/h3-9,11,17,19,27H,10H2,1-2H3,(H,28,31). The van der Waals surface area contributed by atoms with Crippen molar-refractivity contribution in [3.63, 3.8) is 0 Å². The van der Waals surface area contributed by atoms with Gasteiger partial charge in [-0.3, -0.25) is 4.79 Å². The smallest absolute Gasteiger partial charge is 0.363 e. The molecular weight excluding hydrogens is 429 g/mol. The van der Waals surface area contributed by atoms with Gasteiger partial charge in [0.2, 0.25) is 0 Å². The quantitative estimate of drug-likeness (QED) is 0.511. The molecule has 1 aliphatic heterocycles. The van der Waals surface area contributed by atoms with Gasteiger partial charge in [0, 0.05) is 23.2 Å². The second kappa shape index (κ2) is 7.92. The summed E-state index contributed by atoms with van der Waals surface area (Å²) in [5, 5.41) is 10.2. The molecular formula is C22H20ClF3N4O. The monoisotopic (exact) mass is 448 g/mol. The molecule has 9 heteroatoms. The summed E-state index contributed by atoms with van der Waals surface area (Å²) in [5.41, 5.74) is 2.79. The first-order valence-corrected chi connectivity index (χ1v) is 10.1. The van der Waals surface area contributed by atoms with E-state index in [9.17, 15) is 18.0 Å². The Morgan fingerprint density at radius 2 is 1.90 bits per heavy atom. The van der Waals surface area contributed by atoms with Crippen molar-refractivity contribution < 1.29 is 18.0 Å². The molecule has 0 fully saturated rings. The summed E-state index contributed by atoms with van der Waals surface area (Å²) in [4.78, 5) is 12.7. The topological polar surface area (TPSA) is 59.0 Å². The van der Waals surface area contributed by atoms with E-state index in [2.05, 4.69) is 15.7 Å². The molecule has 4 rings (SSSR count). The van der Waals surface area contributed by atoms with Gasteiger partial charge in [0.05, 0.1) is 6.04 Å². The third-order valence-electron chi connectivity index (χ3n) is 5.42. The number of hydrogen-bond donors (Lipinski definition) is 2. The number of aromatic nitrogens is 2. The second-order valence-electron chi connectivity index (χ2n) is 7.63. The van der Waals surface area contributed by atoms with Crippen molar-refractivity contribution in [2.45, 2.75) is 38.5 Å². The highest BCUT2D eigenvalue weighted by Gasteiger charge is 2.46. The number of anilines is 2. The van der Waals surface area contributed by atoms with E-state index in [-0.39, 0.29) is 17.9 Å². The van der Waals surface area contributed by atoms with E-state index < -0.39 is 24.2 Å². The molecule has 2 aromatic carbocycles. The number of carbonyl (C=O) groups is 1. The van der Waals surface area contributed by atoms with Crippen molar-refractivity contribution in [1.29, 1.82) is 0 Å². The Kier molecular flexibility index (Phi) is 5.43. The molecule has 2 unspecified atom stereocenters. The van der Waals surface area contributed by atoms with Crippen LogP contribution in [0.5, 0.6) is 0 Å². The highest BCUT2D eigenvalue weighted by molar-refractivity contribution is 6.31. The molecule has 2 heterocycles. The molecule has 1 aliphatic rings. The van der Waals surface area contributed by atoms with Gasteiger partial charge in [0.15, 0.2) is 11.7 Å². The van der Waals surface area contributed by atoms with Crippen LogP contribution in [0.15, 0.2) is 48.5 Å². The van der Waals surface area contributed by atoms with Crippen LogP contribution < -0.4 is 10.6 Å². The molecule has 0 saturated heterocycles. The van der Waals surface area contributed by atoms with Gasteiger partial charge < -0.3 is 10.6 Å². The van der Waals surface area contributed by atoms with E-state index in [1.165, 1.54) is 6.07 Å². The van der Waals surface area contributed by atoms with Gasteiger partial charge in [0.1, 0.15) is 5.82 Å². The summed E-state index contributed by atoms with van der Waals surface area (Å²) in [5.74, 6) is -0.464. The van der Waals surface area contributed by atoms with Gasteiger partial charge in [-0.05, 0) is 37.1 Å². The van der Waals surface area contributed by atoms with E-state index in [0.29, 0.717) is 16.3 Å². The normalized spacial score (nSPS) is 18.3. The summed E-state index contributed by atoms with van der Waals surface area (Å²) in [6.45, 7) is 3.65. The number of nitrogens with zero attached hydrogens (tertiary/aromatic N) is 2. The van der Waals surface area contributed by atoms with Crippen LogP contribution in [0.1, 0.15) is 45.7 Å². The third kappa shape index (κ3) is 4.25. The molecule has 3 aromatic rings. The molecule has 2 atom stereocenters. The van der Waals surface area contributed by atoms with E-state index in [4.69, 9.17) is 11.6 Å². The number of carbonyl (C=O) groups excluding carboxylic acids is 1. The van der Waals surface area contributed by atoms with Crippen molar-refractivity contribution in [3.05, 3.63) is 75.9 Å². The molecule has 1 aromatic heterocycles. The van der Waals surface area contributed by atoms with Crippen LogP contribution in [-0.2, 0) is 0 Å². The first-order valence-electron chi connectivity index (χ1n) is 9.69. The van der Waals surface area contributed by atoms with Gasteiger partial charge in [-0.2, -0.15) is 18.3 Å². The van der Waals surface area contributed by atoms with Crippen LogP contribution in [0.4, 0.5) is 24.7 Å². The van der Waals surface area contributed by atoms with Crippen LogP contribution in [0.25, 0.3) is 0 Å². The van der Waals surface area contributed by atoms with E-state index >= 15 is 0 Å². The van der Waals surface area contributed by atoms with Gasteiger partial charge in [-0.15, -0.1) is 0 Å². The molecule has 0 saturated carbocycles.